The van der Waals surface area contributed by atoms with Gasteiger partial charge in [-0.15, -0.1) is 0 Å². The molecule has 0 aliphatic carbocycles. The highest BCUT2D eigenvalue weighted by atomic mass is 127. The van der Waals surface area contributed by atoms with E-state index in [4.69, 9.17) is 4.74 Å². The van der Waals surface area contributed by atoms with E-state index in [1.165, 1.54) is 37.1 Å². The number of carbonyl (C=O) groups excluding carboxylic acids is 1. The number of amides is 1. The molecule has 0 saturated carbocycles. The molecule has 24 heavy (non-hydrogen) atoms. The average molecular weight is 447 g/mol. The lowest BCUT2D eigenvalue weighted by molar-refractivity contribution is 0.0845. The minimum atomic E-state index is -0.873. The number of aromatic nitrogens is 1. The van der Waals surface area contributed by atoms with Gasteiger partial charge in [0.1, 0.15) is 5.82 Å². The second-order valence-electron chi connectivity index (χ2n) is 4.85. The fourth-order valence-corrected chi connectivity index (χ4v) is 2.47. The number of anilines is 2. The Morgan fingerprint density at radius 2 is 2.08 bits per heavy atom. The molecule has 1 aromatic heterocycles. The van der Waals surface area contributed by atoms with Gasteiger partial charge in [-0.2, -0.15) is 5.48 Å². The van der Waals surface area contributed by atoms with E-state index >= 15 is 0 Å². The minimum Gasteiger partial charge on any atom is -0.405 e. The Balaban J connectivity index is 2.48. The molecule has 0 fully saturated rings. The lowest BCUT2D eigenvalue weighted by Gasteiger charge is -2.16. The number of halogens is 2. The second kappa shape index (κ2) is 7.62. The van der Waals surface area contributed by atoms with Crippen molar-refractivity contribution in [3.63, 3.8) is 0 Å². The third kappa shape index (κ3) is 4.03. The van der Waals surface area contributed by atoms with Crippen molar-refractivity contribution in [1.29, 1.82) is 0 Å². The van der Waals surface area contributed by atoms with Crippen molar-refractivity contribution in [1.82, 2.24) is 10.0 Å². The topological polar surface area (TPSA) is 81.6 Å². The van der Waals surface area contributed by atoms with Gasteiger partial charge in [0.25, 0.3) is 5.56 Å². The van der Waals surface area contributed by atoms with Crippen molar-refractivity contribution in [3.05, 3.63) is 49.7 Å². The Hall–Kier alpha value is -2.14. The summed E-state index contributed by atoms with van der Waals surface area (Å²) in [6.07, 6.45) is 0.457. The van der Waals surface area contributed by atoms with Gasteiger partial charge in [-0.3, -0.25) is 9.63 Å². The molecule has 1 aromatic carbocycles. The molecule has 0 bridgehead atoms. The van der Waals surface area contributed by atoms with Crippen LogP contribution in [0.15, 0.2) is 29.2 Å². The lowest BCUT2D eigenvalue weighted by atomic mass is 10.2. The van der Waals surface area contributed by atoms with Crippen LogP contribution in [0.2, 0.25) is 0 Å². The monoisotopic (exact) mass is 447 g/mol. The maximum Gasteiger partial charge on any atom is 0.436 e. The molecule has 0 atom stereocenters. The third-order valence-electron chi connectivity index (χ3n) is 3.15. The molecule has 1 heterocycles. The number of nitrogens with one attached hydrogen (secondary N) is 2. The van der Waals surface area contributed by atoms with Crippen LogP contribution in [0.5, 0.6) is 5.75 Å². The van der Waals surface area contributed by atoms with Crippen LogP contribution < -0.4 is 21.1 Å². The molecular formula is C15H15FIN3O4. The molecule has 0 unspecified atom stereocenters. The van der Waals surface area contributed by atoms with Crippen molar-refractivity contribution in [2.75, 3.05) is 12.4 Å². The smallest absolute Gasteiger partial charge is 0.405 e. The fourth-order valence-electron chi connectivity index (χ4n) is 2.02. The van der Waals surface area contributed by atoms with Gasteiger partial charge in [0.15, 0.2) is 5.75 Å². The summed E-state index contributed by atoms with van der Waals surface area (Å²) in [4.78, 5) is 28.2. The molecule has 0 saturated heterocycles. The van der Waals surface area contributed by atoms with Gasteiger partial charge >= 0.3 is 6.09 Å². The van der Waals surface area contributed by atoms with E-state index in [2.05, 4.69) is 10.2 Å². The van der Waals surface area contributed by atoms with Crippen molar-refractivity contribution >= 4 is 40.1 Å². The Morgan fingerprint density at radius 3 is 2.71 bits per heavy atom. The molecule has 7 nitrogen and oxygen atoms in total. The lowest BCUT2D eigenvalue weighted by Crippen LogP contribution is -2.27. The normalized spacial score (nSPS) is 10.4. The van der Waals surface area contributed by atoms with E-state index < -0.39 is 11.9 Å². The number of pyridine rings is 1. The molecule has 2 N–H and O–H groups in total. The van der Waals surface area contributed by atoms with Crippen molar-refractivity contribution in [2.45, 2.75) is 6.92 Å². The summed E-state index contributed by atoms with van der Waals surface area (Å²) in [7, 11) is 2.78. The molecule has 9 heteroatoms. The first-order chi connectivity index (χ1) is 11.3. The molecule has 128 valence electrons. The molecule has 2 rings (SSSR count). The van der Waals surface area contributed by atoms with Crippen LogP contribution >= 0.6 is 22.6 Å². The largest absolute Gasteiger partial charge is 0.436 e. The summed E-state index contributed by atoms with van der Waals surface area (Å²) < 4.78 is 21.2. The predicted molar refractivity (Wildman–Crippen MR) is 95.0 cm³/mol. The zero-order chi connectivity index (χ0) is 17.9. The summed E-state index contributed by atoms with van der Waals surface area (Å²) in [5.41, 5.74) is 2.33. The quantitative estimate of drug-likeness (QED) is 0.557. The first kappa shape index (κ1) is 18.2. The van der Waals surface area contributed by atoms with Crippen LogP contribution in [-0.2, 0) is 11.9 Å². The maximum absolute atomic E-state index is 14.1. The number of ether oxygens (including phenoxy) is 1. The highest BCUT2D eigenvalue weighted by Gasteiger charge is 2.17. The van der Waals surface area contributed by atoms with Crippen LogP contribution in [0.1, 0.15) is 5.56 Å². The van der Waals surface area contributed by atoms with Crippen molar-refractivity contribution in [3.8, 4) is 5.75 Å². The third-order valence-corrected chi connectivity index (χ3v) is 3.82. The summed E-state index contributed by atoms with van der Waals surface area (Å²) in [6.45, 7) is 1.55. The van der Waals surface area contributed by atoms with Crippen LogP contribution in [0.4, 0.5) is 20.6 Å². The van der Waals surface area contributed by atoms with Crippen LogP contribution in [0, 0.1) is 16.3 Å². The number of hydrogen-bond acceptors (Lipinski definition) is 5. The average Bonchev–Trinajstić information content (AvgIpc) is 2.51. The Kier molecular flexibility index (Phi) is 5.78. The number of hydroxylamine groups is 1. The molecule has 0 aliphatic rings. The van der Waals surface area contributed by atoms with Gasteiger partial charge in [-0.25, -0.2) is 9.18 Å². The van der Waals surface area contributed by atoms with E-state index in [-0.39, 0.29) is 28.2 Å². The van der Waals surface area contributed by atoms with E-state index in [9.17, 15) is 14.0 Å². The summed E-state index contributed by atoms with van der Waals surface area (Å²) in [6, 6.07) is 4.59. The van der Waals surface area contributed by atoms with Gasteiger partial charge in [0.2, 0.25) is 0 Å². The number of hydrogen-bond donors (Lipinski definition) is 2. The Bertz CT molecular complexity index is 838. The van der Waals surface area contributed by atoms with E-state index in [0.29, 0.717) is 0 Å². The van der Waals surface area contributed by atoms with Gasteiger partial charge in [0, 0.05) is 16.2 Å². The predicted octanol–water partition coefficient (Wildman–Crippen LogP) is 2.83. The standard InChI is InChI=1S/C15H15FIN3O4/c1-8-13(18-11-5-4-9(17)6-10(11)16)12(7-20(2)14(8)21)24-15(22)19-23-3/h4-7,18H,1-3H3,(H,19,22). The first-order valence-electron chi connectivity index (χ1n) is 6.76. The summed E-state index contributed by atoms with van der Waals surface area (Å²) in [5.74, 6) is -0.434. The number of rotatable bonds is 4. The van der Waals surface area contributed by atoms with E-state index in [1.807, 2.05) is 28.1 Å². The van der Waals surface area contributed by atoms with Gasteiger partial charge in [-0.1, -0.05) is 0 Å². The number of benzene rings is 1. The number of nitrogens with zero attached hydrogens (tertiary/aromatic N) is 1. The zero-order valence-electron chi connectivity index (χ0n) is 13.1. The minimum absolute atomic E-state index is 0.0575. The van der Waals surface area contributed by atoms with E-state index in [0.717, 1.165) is 3.57 Å². The molecular weight excluding hydrogens is 432 g/mol. The molecule has 0 spiro atoms. The number of carbonyl (C=O) groups is 1. The van der Waals surface area contributed by atoms with Crippen LogP contribution in [-0.4, -0.2) is 17.8 Å². The molecule has 0 radical (unpaired) electrons. The van der Waals surface area contributed by atoms with Crippen LogP contribution in [0.3, 0.4) is 0 Å². The Morgan fingerprint density at radius 1 is 1.38 bits per heavy atom. The first-order valence-corrected chi connectivity index (χ1v) is 7.84. The maximum atomic E-state index is 14.1. The van der Waals surface area contributed by atoms with Crippen molar-refractivity contribution in [2.24, 2.45) is 7.05 Å². The highest BCUT2D eigenvalue weighted by molar-refractivity contribution is 14.1. The summed E-state index contributed by atoms with van der Waals surface area (Å²) in [5, 5.41) is 2.81. The van der Waals surface area contributed by atoms with Gasteiger partial charge in [-0.05, 0) is 47.7 Å². The second-order valence-corrected chi connectivity index (χ2v) is 6.10. The zero-order valence-corrected chi connectivity index (χ0v) is 15.3. The molecule has 0 aliphatic heterocycles. The van der Waals surface area contributed by atoms with Crippen LogP contribution in [0.25, 0.3) is 0 Å². The highest BCUT2D eigenvalue weighted by Crippen LogP contribution is 2.30. The fraction of sp³-hybridized carbons (Fsp3) is 0.200. The number of aryl methyl sites for hydroxylation is 1. The summed E-state index contributed by atoms with van der Waals surface area (Å²) >= 11 is 1.99. The molecule has 1 amide bonds. The van der Waals surface area contributed by atoms with E-state index in [1.54, 1.807) is 13.0 Å². The molecule has 2 aromatic rings. The Labute approximate surface area is 150 Å². The van der Waals surface area contributed by atoms with Crippen molar-refractivity contribution < 1.29 is 18.8 Å². The van der Waals surface area contributed by atoms with Gasteiger partial charge < -0.3 is 14.6 Å². The SMILES string of the molecule is CONC(=O)Oc1cn(C)c(=O)c(C)c1Nc1ccc(I)cc1F. The van der Waals surface area contributed by atoms with Gasteiger partial charge in [0.05, 0.1) is 24.7 Å².